The first-order chi connectivity index (χ1) is 9.74. The van der Waals surface area contributed by atoms with E-state index in [4.69, 9.17) is 4.74 Å². The molecule has 1 aliphatic heterocycles. The van der Waals surface area contributed by atoms with Crippen LogP contribution in [0.2, 0.25) is 0 Å². The van der Waals surface area contributed by atoms with Crippen molar-refractivity contribution in [3.8, 4) is 0 Å². The molecule has 4 nitrogen and oxygen atoms in total. The Hall–Kier alpha value is -0.750. The van der Waals surface area contributed by atoms with Crippen molar-refractivity contribution < 1.29 is 9.53 Å². The third-order valence-corrected chi connectivity index (χ3v) is 4.06. The molecule has 0 radical (unpaired) electrons. The Morgan fingerprint density at radius 1 is 1.05 bits per heavy atom. The lowest BCUT2D eigenvalue weighted by Crippen LogP contribution is -2.50. The Balaban J connectivity index is 1.95. The van der Waals surface area contributed by atoms with Crippen LogP contribution < -0.4 is 4.90 Å². The number of hydrogen-bond donors (Lipinski definition) is 0. The molecular formula is C15H20Br2N2O2. The molecule has 0 aliphatic carbocycles. The number of ether oxygens (including phenoxy) is 1. The van der Waals surface area contributed by atoms with Gasteiger partial charge in [-0.2, -0.15) is 0 Å². The molecule has 6 heteroatoms. The smallest absolute Gasteiger partial charge is 0.410 e. The average Bonchev–Trinajstić information content (AvgIpc) is 2.35. The fourth-order valence-electron chi connectivity index (χ4n) is 2.20. The van der Waals surface area contributed by atoms with Crippen molar-refractivity contribution in [2.24, 2.45) is 0 Å². The molecule has 2 rings (SSSR count). The van der Waals surface area contributed by atoms with Crippen molar-refractivity contribution in [2.45, 2.75) is 26.4 Å². The van der Waals surface area contributed by atoms with Crippen LogP contribution in [0.15, 0.2) is 27.1 Å². The van der Waals surface area contributed by atoms with E-state index < -0.39 is 5.60 Å². The van der Waals surface area contributed by atoms with Gasteiger partial charge in [0.2, 0.25) is 0 Å². The highest BCUT2D eigenvalue weighted by Gasteiger charge is 2.26. The van der Waals surface area contributed by atoms with Gasteiger partial charge in [-0.15, -0.1) is 0 Å². The van der Waals surface area contributed by atoms with E-state index in [1.54, 1.807) is 4.90 Å². The second-order valence-corrected chi connectivity index (χ2v) is 7.91. The van der Waals surface area contributed by atoms with E-state index in [2.05, 4.69) is 48.9 Å². The second-order valence-electron chi connectivity index (χ2n) is 6.08. The molecule has 1 aromatic rings. The van der Waals surface area contributed by atoms with Gasteiger partial charge in [0.25, 0.3) is 0 Å². The van der Waals surface area contributed by atoms with Gasteiger partial charge in [0.1, 0.15) is 5.60 Å². The molecule has 0 aromatic heterocycles. The summed E-state index contributed by atoms with van der Waals surface area (Å²) in [6.07, 6.45) is -0.224. The maximum atomic E-state index is 12.0. The van der Waals surface area contributed by atoms with Gasteiger partial charge in [-0.05, 0) is 39.0 Å². The van der Waals surface area contributed by atoms with E-state index in [1.165, 1.54) is 0 Å². The fraction of sp³-hybridized carbons (Fsp3) is 0.533. The third kappa shape index (κ3) is 4.88. The number of halogens is 2. The topological polar surface area (TPSA) is 32.8 Å². The summed E-state index contributed by atoms with van der Waals surface area (Å²) in [5, 5.41) is 0. The number of carbonyl (C=O) groups is 1. The number of rotatable bonds is 1. The molecule has 1 heterocycles. The van der Waals surface area contributed by atoms with Crippen molar-refractivity contribution >= 4 is 43.6 Å². The van der Waals surface area contributed by atoms with Crippen LogP contribution in [0.5, 0.6) is 0 Å². The lowest BCUT2D eigenvalue weighted by atomic mass is 10.2. The Morgan fingerprint density at radius 3 is 2.05 bits per heavy atom. The van der Waals surface area contributed by atoms with Crippen LogP contribution >= 0.6 is 31.9 Å². The monoisotopic (exact) mass is 418 g/mol. The number of hydrogen-bond acceptors (Lipinski definition) is 3. The fourth-order valence-corrected chi connectivity index (χ4v) is 3.47. The summed E-state index contributed by atoms with van der Waals surface area (Å²) >= 11 is 7.01. The Bertz CT molecular complexity index is 501. The van der Waals surface area contributed by atoms with E-state index in [1.807, 2.05) is 26.8 Å². The van der Waals surface area contributed by atoms with E-state index >= 15 is 0 Å². The highest BCUT2D eigenvalue weighted by Crippen LogP contribution is 2.27. The van der Waals surface area contributed by atoms with E-state index in [-0.39, 0.29) is 6.09 Å². The van der Waals surface area contributed by atoms with E-state index in [9.17, 15) is 4.79 Å². The largest absolute Gasteiger partial charge is 0.444 e. The lowest BCUT2D eigenvalue weighted by molar-refractivity contribution is 0.0240. The van der Waals surface area contributed by atoms with Crippen LogP contribution in [0.25, 0.3) is 0 Å². The van der Waals surface area contributed by atoms with Gasteiger partial charge >= 0.3 is 6.09 Å². The summed E-state index contributed by atoms with van der Waals surface area (Å²) in [4.78, 5) is 16.1. The summed E-state index contributed by atoms with van der Waals surface area (Å²) in [7, 11) is 0. The average molecular weight is 420 g/mol. The molecule has 0 saturated carbocycles. The first-order valence-corrected chi connectivity index (χ1v) is 8.52. The first-order valence-electron chi connectivity index (χ1n) is 6.93. The van der Waals surface area contributed by atoms with Crippen LogP contribution in [0.4, 0.5) is 10.5 Å². The van der Waals surface area contributed by atoms with Crippen LogP contribution in [-0.2, 0) is 4.74 Å². The molecule has 116 valence electrons. The summed E-state index contributed by atoms with van der Waals surface area (Å²) in [6, 6.07) is 6.20. The SMILES string of the molecule is CC(C)(C)OC(=O)N1CCN(c2cc(Br)cc(Br)c2)CC1. The van der Waals surface area contributed by atoms with E-state index in [0.717, 1.165) is 27.7 Å². The maximum Gasteiger partial charge on any atom is 0.410 e. The molecule has 1 saturated heterocycles. The summed E-state index contributed by atoms with van der Waals surface area (Å²) in [5.74, 6) is 0. The van der Waals surface area contributed by atoms with Gasteiger partial charge in [0.05, 0.1) is 0 Å². The Kier molecular flexibility index (Phi) is 5.20. The van der Waals surface area contributed by atoms with Gasteiger partial charge < -0.3 is 14.5 Å². The Labute approximate surface area is 142 Å². The van der Waals surface area contributed by atoms with Crippen LogP contribution in [-0.4, -0.2) is 42.8 Å². The number of nitrogens with zero attached hydrogens (tertiary/aromatic N) is 2. The maximum absolute atomic E-state index is 12.0. The predicted molar refractivity (Wildman–Crippen MR) is 91.9 cm³/mol. The molecule has 1 amide bonds. The zero-order valence-electron chi connectivity index (χ0n) is 12.5. The standard InChI is InChI=1S/C15H20Br2N2O2/c1-15(2,3)21-14(20)19-6-4-18(5-7-19)13-9-11(16)8-12(17)10-13/h8-10H,4-7H2,1-3H3. The lowest BCUT2D eigenvalue weighted by Gasteiger charge is -2.36. The summed E-state index contributed by atoms with van der Waals surface area (Å²) in [6.45, 7) is 8.64. The van der Waals surface area contributed by atoms with Crippen molar-refractivity contribution in [1.82, 2.24) is 4.90 Å². The van der Waals surface area contributed by atoms with Gasteiger partial charge in [-0.25, -0.2) is 4.79 Å². The number of amides is 1. The molecule has 0 N–H and O–H groups in total. The van der Waals surface area contributed by atoms with E-state index in [0.29, 0.717) is 13.1 Å². The molecule has 1 aromatic carbocycles. The van der Waals surface area contributed by atoms with Crippen molar-refractivity contribution in [1.29, 1.82) is 0 Å². The van der Waals surface area contributed by atoms with Gasteiger partial charge in [-0.3, -0.25) is 0 Å². The summed E-state index contributed by atoms with van der Waals surface area (Å²) in [5.41, 5.74) is 0.712. The number of anilines is 1. The highest BCUT2D eigenvalue weighted by molar-refractivity contribution is 9.11. The minimum absolute atomic E-state index is 0.224. The number of benzene rings is 1. The molecule has 0 spiro atoms. The quantitative estimate of drug-likeness (QED) is 0.681. The van der Waals surface area contributed by atoms with Crippen molar-refractivity contribution in [3.63, 3.8) is 0 Å². The van der Waals surface area contributed by atoms with Gasteiger partial charge in [0, 0.05) is 40.8 Å². The normalized spacial score (nSPS) is 16.0. The zero-order chi connectivity index (χ0) is 15.6. The molecule has 0 unspecified atom stereocenters. The minimum atomic E-state index is -0.441. The van der Waals surface area contributed by atoms with Crippen molar-refractivity contribution in [3.05, 3.63) is 27.1 Å². The molecule has 1 fully saturated rings. The third-order valence-electron chi connectivity index (χ3n) is 3.14. The highest BCUT2D eigenvalue weighted by atomic mass is 79.9. The number of carbonyl (C=O) groups excluding carboxylic acids is 1. The predicted octanol–water partition coefficient (Wildman–Crippen LogP) is 4.27. The molecule has 0 atom stereocenters. The van der Waals surface area contributed by atoms with Crippen molar-refractivity contribution in [2.75, 3.05) is 31.1 Å². The Morgan fingerprint density at radius 2 is 1.57 bits per heavy atom. The minimum Gasteiger partial charge on any atom is -0.444 e. The molecule has 21 heavy (non-hydrogen) atoms. The number of piperazine rings is 1. The van der Waals surface area contributed by atoms with Crippen LogP contribution in [0.1, 0.15) is 20.8 Å². The van der Waals surface area contributed by atoms with Gasteiger partial charge in [-0.1, -0.05) is 31.9 Å². The first kappa shape index (κ1) is 16.6. The van der Waals surface area contributed by atoms with Gasteiger partial charge in [0.15, 0.2) is 0 Å². The summed E-state index contributed by atoms with van der Waals surface area (Å²) < 4.78 is 7.50. The van der Waals surface area contributed by atoms with Crippen LogP contribution in [0.3, 0.4) is 0 Å². The second kappa shape index (κ2) is 6.57. The molecular weight excluding hydrogens is 400 g/mol. The molecule has 1 aliphatic rings. The van der Waals surface area contributed by atoms with Crippen LogP contribution in [0, 0.1) is 0 Å². The zero-order valence-corrected chi connectivity index (χ0v) is 15.7. The molecule has 0 bridgehead atoms.